The fourth-order valence-electron chi connectivity index (χ4n) is 7.24. The van der Waals surface area contributed by atoms with Crippen molar-refractivity contribution in [3.05, 3.63) is 24.3 Å². The molecule has 5 nitrogen and oxygen atoms in total. The van der Waals surface area contributed by atoms with E-state index in [0.29, 0.717) is 26.1 Å². The summed E-state index contributed by atoms with van der Waals surface area (Å²) in [6.45, 7) is 7.35. The van der Waals surface area contributed by atoms with Gasteiger partial charge in [-0.25, -0.2) is 0 Å². The number of hydrogen-bond acceptors (Lipinski definition) is 4. The normalized spacial score (nSPS) is 17.4. The van der Waals surface area contributed by atoms with Crippen LogP contribution in [0.4, 0.5) is 0 Å². The molecule has 0 aromatic carbocycles. The first-order valence-corrected chi connectivity index (χ1v) is 21.3. The van der Waals surface area contributed by atoms with Crippen molar-refractivity contribution in [1.29, 1.82) is 0 Å². The van der Waals surface area contributed by atoms with Gasteiger partial charge >= 0.3 is 11.9 Å². The third kappa shape index (κ3) is 28.7. The van der Waals surface area contributed by atoms with Gasteiger partial charge in [0.2, 0.25) is 0 Å². The molecular formula is C44H82NO4+. The maximum absolute atomic E-state index is 12.5. The van der Waals surface area contributed by atoms with E-state index in [2.05, 4.69) is 52.2 Å². The van der Waals surface area contributed by atoms with Crippen LogP contribution < -0.4 is 0 Å². The summed E-state index contributed by atoms with van der Waals surface area (Å²) < 4.78 is 12.3. The Balaban J connectivity index is 2.04. The predicted octanol–water partition coefficient (Wildman–Crippen LogP) is 12.5. The average Bonchev–Trinajstić information content (AvgIpc) is 3.39. The second-order valence-electron chi connectivity index (χ2n) is 15.9. The lowest BCUT2D eigenvalue weighted by molar-refractivity contribution is -0.880. The minimum atomic E-state index is -0.0743. The van der Waals surface area contributed by atoms with Gasteiger partial charge in [-0.1, -0.05) is 141 Å². The Morgan fingerprint density at radius 1 is 0.469 bits per heavy atom. The lowest BCUT2D eigenvalue weighted by atomic mass is 9.98. The Labute approximate surface area is 305 Å². The molecule has 0 N–H and O–H groups in total. The molecule has 0 aliphatic carbocycles. The van der Waals surface area contributed by atoms with Gasteiger partial charge in [0.05, 0.1) is 39.0 Å². The average molecular weight is 689 g/mol. The third-order valence-corrected chi connectivity index (χ3v) is 10.3. The van der Waals surface area contributed by atoms with Crippen molar-refractivity contribution in [2.75, 3.05) is 40.4 Å². The lowest BCUT2D eigenvalue weighted by Gasteiger charge is -2.23. The molecule has 5 heteroatoms. The minimum absolute atomic E-state index is 0.0743. The zero-order valence-electron chi connectivity index (χ0n) is 33.2. The van der Waals surface area contributed by atoms with Crippen LogP contribution in [-0.4, -0.2) is 56.8 Å². The Bertz CT molecular complexity index is 769. The van der Waals surface area contributed by atoms with Crippen LogP contribution in [-0.2, 0) is 19.1 Å². The van der Waals surface area contributed by atoms with Crippen molar-refractivity contribution >= 4 is 11.9 Å². The largest absolute Gasteiger partial charge is 0.465 e. The molecule has 1 saturated heterocycles. The third-order valence-electron chi connectivity index (χ3n) is 10.3. The molecule has 286 valence electrons. The van der Waals surface area contributed by atoms with Crippen molar-refractivity contribution in [1.82, 2.24) is 0 Å². The van der Waals surface area contributed by atoms with E-state index in [1.165, 1.54) is 141 Å². The Morgan fingerprint density at radius 3 is 1.08 bits per heavy atom. The van der Waals surface area contributed by atoms with E-state index >= 15 is 0 Å². The highest BCUT2D eigenvalue weighted by Gasteiger charge is 2.41. The molecule has 0 radical (unpaired) electrons. The lowest BCUT2D eigenvalue weighted by Crippen LogP contribution is -2.37. The maximum Gasteiger partial charge on any atom is 0.305 e. The molecule has 1 fully saturated rings. The van der Waals surface area contributed by atoms with Crippen molar-refractivity contribution in [3.8, 4) is 0 Å². The second-order valence-corrected chi connectivity index (χ2v) is 15.9. The summed E-state index contributed by atoms with van der Waals surface area (Å²) in [6.07, 6.45) is 43.1. The van der Waals surface area contributed by atoms with Crippen molar-refractivity contribution in [2.24, 2.45) is 11.8 Å². The Kier molecular flexibility index (Phi) is 29.9. The molecule has 2 atom stereocenters. The van der Waals surface area contributed by atoms with Gasteiger partial charge in [0, 0.05) is 12.8 Å². The van der Waals surface area contributed by atoms with E-state index in [1.54, 1.807) is 0 Å². The zero-order valence-corrected chi connectivity index (χ0v) is 33.2. The first-order chi connectivity index (χ1) is 23.9. The fraction of sp³-hybridized carbons (Fsp3) is 0.864. The van der Waals surface area contributed by atoms with Gasteiger partial charge in [-0.2, -0.15) is 0 Å². The van der Waals surface area contributed by atoms with E-state index < -0.39 is 0 Å². The molecule has 1 aliphatic rings. The van der Waals surface area contributed by atoms with Gasteiger partial charge in [0.1, 0.15) is 13.2 Å². The monoisotopic (exact) mass is 689 g/mol. The van der Waals surface area contributed by atoms with E-state index in [-0.39, 0.29) is 23.8 Å². The van der Waals surface area contributed by atoms with Crippen LogP contribution in [0.15, 0.2) is 24.3 Å². The molecule has 0 unspecified atom stereocenters. The minimum Gasteiger partial charge on any atom is -0.465 e. The van der Waals surface area contributed by atoms with Gasteiger partial charge in [-0.15, -0.1) is 0 Å². The standard InChI is InChI=1S/C44H82NO4/c1-5-7-9-11-13-15-17-19-21-23-25-27-29-31-33-35-43(46)48-39-41-37-45(3,4)38-42(41)40-49-44(47)36-34-32-30-28-26-24-22-20-18-16-14-12-10-8-6-2/h19-22,41-42H,5-18,23-40H2,1-4H3/q+1/b21-19-,22-20-/t41-,42-/m1/s1. The number of ether oxygens (including phenoxy) is 2. The first-order valence-electron chi connectivity index (χ1n) is 21.3. The summed E-state index contributed by atoms with van der Waals surface area (Å²) in [6, 6.07) is 0. The Morgan fingerprint density at radius 2 is 0.755 bits per heavy atom. The van der Waals surface area contributed by atoms with Crippen LogP contribution in [0.1, 0.15) is 194 Å². The molecule has 0 aromatic rings. The molecule has 0 bridgehead atoms. The number of allylic oxidation sites excluding steroid dienone is 4. The quantitative estimate of drug-likeness (QED) is 0.0292. The number of carbonyl (C=O) groups excluding carboxylic acids is 2. The molecule has 0 spiro atoms. The maximum atomic E-state index is 12.5. The number of carbonyl (C=O) groups is 2. The zero-order chi connectivity index (χ0) is 35.7. The Hall–Kier alpha value is -1.62. The smallest absolute Gasteiger partial charge is 0.305 e. The highest BCUT2D eigenvalue weighted by Crippen LogP contribution is 2.28. The van der Waals surface area contributed by atoms with E-state index in [0.717, 1.165) is 43.3 Å². The molecule has 1 rings (SSSR count). The fourth-order valence-corrected chi connectivity index (χ4v) is 7.24. The number of quaternary nitrogens is 1. The van der Waals surface area contributed by atoms with Gasteiger partial charge in [-0.05, 0) is 64.2 Å². The highest BCUT2D eigenvalue weighted by molar-refractivity contribution is 5.69. The number of esters is 2. The van der Waals surface area contributed by atoms with Gasteiger partial charge in [0.15, 0.2) is 0 Å². The number of rotatable bonds is 34. The van der Waals surface area contributed by atoms with Crippen molar-refractivity contribution in [3.63, 3.8) is 0 Å². The van der Waals surface area contributed by atoms with Crippen molar-refractivity contribution in [2.45, 2.75) is 194 Å². The van der Waals surface area contributed by atoms with Crippen molar-refractivity contribution < 1.29 is 23.5 Å². The molecule has 0 aromatic heterocycles. The summed E-state index contributed by atoms with van der Waals surface area (Å²) in [4.78, 5) is 24.9. The van der Waals surface area contributed by atoms with E-state index in [1.807, 2.05) is 0 Å². The summed E-state index contributed by atoms with van der Waals surface area (Å²) >= 11 is 0. The van der Waals surface area contributed by atoms with Gasteiger partial charge in [-0.3, -0.25) is 9.59 Å². The van der Waals surface area contributed by atoms with Crippen LogP contribution in [0.3, 0.4) is 0 Å². The van der Waals surface area contributed by atoms with E-state index in [4.69, 9.17) is 9.47 Å². The van der Waals surface area contributed by atoms with Crippen LogP contribution >= 0.6 is 0 Å². The molecule has 0 amide bonds. The summed E-state index contributed by atoms with van der Waals surface area (Å²) in [5, 5.41) is 0. The molecule has 1 aliphatic heterocycles. The first kappa shape index (κ1) is 45.4. The highest BCUT2D eigenvalue weighted by atomic mass is 16.5. The van der Waals surface area contributed by atoms with Crippen LogP contribution in [0, 0.1) is 11.8 Å². The second kappa shape index (κ2) is 32.3. The summed E-state index contributed by atoms with van der Waals surface area (Å²) in [5.74, 6) is 0.353. The van der Waals surface area contributed by atoms with E-state index in [9.17, 15) is 9.59 Å². The number of unbranched alkanes of at least 4 members (excludes halogenated alkanes) is 22. The van der Waals surface area contributed by atoms with Crippen LogP contribution in [0.2, 0.25) is 0 Å². The molecule has 49 heavy (non-hydrogen) atoms. The number of nitrogens with zero attached hydrogens (tertiary/aromatic N) is 1. The van der Waals surface area contributed by atoms with Crippen LogP contribution in [0.25, 0.3) is 0 Å². The number of likely N-dealkylation sites (tertiary alicyclic amines) is 1. The number of hydrogen-bond donors (Lipinski definition) is 0. The van der Waals surface area contributed by atoms with Gasteiger partial charge < -0.3 is 14.0 Å². The topological polar surface area (TPSA) is 52.6 Å². The van der Waals surface area contributed by atoms with Gasteiger partial charge in [0.25, 0.3) is 0 Å². The summed E-state index contributed by atoms with van der Waals surface area (Å²) in [7, 11) is 4.43. The molecular weight excluding hydrogens is 606 g/mol. The SMILES string of the molecule is CCCCCCCC/C=C\CCCCCCCC(=O)OC[C@H]1C[N+](C)(C)C[C@@H]1COC(=O)CCCCCCC/C=C\CCCCCCCC. The summed E-state index contributed by atoms with van der Waals surface area (Å²) in [5.41, 5.74) is 0. The molecule has 0 saturated carbocycles. The molecule has 1 heterocycles. The predicted molar refractivity (Wildman–Crippen MR) is 210 cm³/mol. The van der Waals surface area contributed by atoms with Crippen LogP contribution in [0.5, 0.6) is 0 Å².